The molecule has 1 aromatic rings. The van der Waals surface area contributed by atoms with E-state index in [4.69, 9.17) is 0 Å². The standard InChI is InChI=1S/C7H9Si.2ClH.Zr/c1-8-7-5-3-2-4-6-7;;;/h2-6,8H,1H3;2*1H;/q;;;+2/p-2. The maximum absolute atomic E-state index is 2.25. The molecular weight excluding hydrogens is 274 g/mol. The summed E-state index contributed by atoms with van der Waals surface area (Å²) in [6.45, 7) is 2.25. The average Bonchev–Trinajstić information content (AvgIpc) is 1.90. The zero-order valence-electron chi connectivity index (χ0n) is 6.22. The first kappa shape index (κ1) is 17.8. The molecule has 11 heavy (non-hydrogen) atoms. The Labute approximate surface area is 102 Å². The number of halogens is 2. The van der Waals surface area contributed by atoms with Crippen molar-refractivity contribution in [2.45, 2.75) is 6.55 Å². The molecule has 0 aromatic heterocycles. The van der Waals surface area contributed by atoms with Gasteiger partial charge in [-0.15, -0.1) is 0 Å². The van der Waals surface area contributed by atoms with E-state index in [1.54, 1.807) is 0 Å². The van der Waals surface area contributed by atoms with Gasteiger partial charge in [-0.1, -0.05) is 42.1 Å². The molecule has 59 valence electrons. The first-order valence-electron chi connectivity index (χ1n) is 2.78. The second-order valence-electron chi connectivity index (χ2n) is 1.70. The monoisotopic (exact) mass is 281 g/mol. The predicted molar refractivity (Wildman–Crippen MR) is 39.1 cm³/mol. The predicted octanol–water partition coefficient (Wildman–Crippen LogP) is -5.20. The van der Waals surface area contributed by atoms with Crippen LogP contribution >= 0.6 is 0 Å². The number of hydrogen-bond donors (Lipinski definition) is 0. The van der Waals surface area contributed by atoms with E-state index in [9.17, 15) is 0 Å². The van der Waals surface area contributed by atoms with Gasteiger partial charge in [0.15, 0.2) is 0 Å². The van der Waals surface area contributed by atoms with E-state index in [0.29, 0.717) is 9.52 Å². The minimum absolute atomic E-state index is 0. The number of benzene rings is 1. The third-order valence-corrected chi connectivity index (χ3v) is 2.18. The van der Waals surface area contributed by atoms with Crippen LogP contribution in [0.1, 0.15) is 0 Å². The largest absolute Gasteiger partial charge is 2.00 e. The molecule has 0 aliphatic rings. The Hall–Kier alpha value is 0.900. The molecule has 4 heteroatoms. The molecule has 0 bridgehead atoms. The van der Waals surface area contributed by atoms with Gasteiger partial charge in [-0.2, -0.15) is 0 Å². The fourth-order valence-electron chi connectivity index (χ4n) is 0.645. The van der Waals surface area contributed by atoms with Gasteiger partial charge in [-0.05, 0) is 0 Å². The molecular formula is C7H9Cl2SiZr. The Kier molecular flexibility index (Phi) is 17.7. The minimum atomic E-state index is 0. The Morgan fingerprint density at radius 3 is 1.73 bits per heavy atom. The van der Waals surface area contributed by atoms with E-state index >= 15 is 0 Å². The summed E-state index contributed by atoms with van der Waals surface area (Å²) in [6.07, 6.45) is 0. The summed E-state index contributed by atoms with van der Waals surface area (Å²) in [5.41, 5.74) is 0. The van der Waals surface area contributed by atoms with Gasteiger partial charge in [-0.25, -0.2) is 0 Å². The zero-order chi connectivity index (χ0) is 5.82. The smallest absolute Gasteiger partial charge is 1.00 e. The molecule has 0 amide bonds. The van der Waals surface area contributed by atoms with E-state index in [2.05, 4.69) is 36.9 Å². The van der Waals surface area contributed by atoms with Crippen molar-refractivity contribution in [3.05, 3.63) is 30.3 Å². The molecule has 0 spiro atoms. The van der Waals surface area contributed by atoms with Crippen molar-refractivity contribution in [2.75, 3.05) is 0 Å². The molecule has 0 heterocycles. The van der Waals surface area contributed by atoms with Crippen molar-refractivity contribution >= 4 is 14.7 Å². The molecule has 1 aromatic carbocycles. The van der Waals surface area contributed by atoms with Crippen LogP contribution in [-0.2, 0) is 26.2 Å². The van der Waals surface area contributed by atoms with Crippen molar-refractivity contribution in [3.8, 4) is 0 Å². The summed E-state index contributed by atoms with van der Waals surface area (Å²) >= 11 is 0. The first-order chi connectivity index (χ1) is 3.93. The Morgan fingerprint density at radius 2 is 1.45 bits per heavy atom. The van der Waals surface area contributed by atoms with Crippen LogP contribution in [0.3, 0.4) is 0 Å². The molecule has 0 fully saturated rings. The minimum Gasteiger partial charge on any atom is -1.00 e. The van der Waals surface area contributed by atoms with Gasteiger partial charge in [0, 0.05) is 0 Å². The van der Waals surface area contributed by atoms with Crippen LogP contribution in [-0.4, -0.2) is 9.52 Å². The molecule has 0 aliphatic carbocycles. The molecule has 1 radical (unpaired) electrons. The van der Waals surface area contributed by atoms with E-state index in [0.717, 1.165) is 0 Å². The molecule has 0 aliphatic heterocycles. The topological polar surface area (TPSA) is 0 Å². The van der Waals surface area contributed by atoms with E-state index in [1.807, 2.05) is 0 Å². The summed E-state index contributed by atoms with van der Waals surface area (Å²) in [5, 5.41) is 1.49. The number of hydrogen-bond acceptors (Lipinski definition) is 0. The summed E-state index contributed by atoms with van der Waals surface area (Å²) in [4.78, 5) is 0. The summed E-state index contributed by atoms with van der Waals surface area (Å²) in [7, 11) is 0.511. The second-order valence-corrected chi connectivity index (χ2v) is 2.94. The first-order valence-corrected chi connectivity index (χ1v) is 4.51. The fraction of sp³-hybridized carbons (Fsp3) is 0.143. The molecule has 0 saturated carbocycles. The molecule has 0 nitrogen and oxygen atoms in total. The van der Waals surface area contributed by atoms with Crippen LogP contribution in [0.5, 0.6) is 0 Å². The van der Waals surface area contributed by atoms with Crippen molar-refractivity contribution in [2.24, 2.45) is 0 Å². The van der Waals surface area contributed by atoms with Crippen LogP contribution in [0.4, 0.5) is 0 Å². The number of rotatable bonds is 1. The molecule has 1 rings (SSSR count). The average molecular weight is 283 g/mol. The van der Waals surface area contributed by atoms with Crippen molar-refractivity contribution in [3.63, 3.8) is 0 Å². The van der Waals surface area contributed by atoms with Gasteiger partial charge in [0.25, 0.3) is 0 Å². The summed E-state index contributed by atoms with van der Waals surface area (Å²) in [6, 6.07) is 10.6. The third-order valence-electron chi connectivity index (χ3n) is 1.13. The van der Waals surface area contributed by atoms with Crippen LogP contribution in [0.15, 0.2) is 30.3 Å². The van der Waals surface area contributed by atoms with Crippen LogP contribution in [0.25, 0.3) is 0 Å². The van der Waals surface area contributed by atoms with E-state index < -0.39 is 0 Å². The Bertz CT molecular complexity index is 158. The van der Waals surface area contributed by atoms with E-state index in [-0.39, 0.29) is 51.0 Å². The van der Waals surface area contributed by atoms with Gasteiger partial charge in [0.2, 0.25) is 0 Å². The van der Waals surface area contributed by atoms with Gasteiger partial charge in [0.05, 0.1) is 9.52 Å². The van der Waals surface area contributed by atoms with Crippen molar-refractivity contribution < 1.29 is 51.0 Å². The Balaban J connectivity index is -0.000000213. The van der Waals surface area contributed by atoms with E-state index in [1.165, 1.54) is 5.19 Å². The summed E-state index contributed by atoms with van der Waals surface area (Å²) < 4.78 is 0. The Morgan fingerprint density at radius 1 is 1.00 bits per heavy atom. The SMILES string of the molecule is C[SiH]c1ccccc1.[Cl-].[Cl-].[Zr+2]. The van der Waals surface area contributed by atoms with Gasteiger partial charge in [-0.3, -0.25) is 0 Å². The van der Waals surface area contributed by atoms with Gasteiger partial charge in [0.1, 0.15) is 0 Å². The molecule has 0 N–H and O–H groups in total. The maximum Gasteiger partial charge on any atom is 2.00 e. The molecule has 0 unspecified atom stereocenters. The van der Waals surface area contributed by atoms with Crippen LogP contribution in [0.2, 0.25) is 6.55 Å². The quantitative estimate of drug-likeness (QED) is 0.452. The van der Waals surface area contributed by atoms with Crippen molar-refractivity contribution in [1.29, 1.82) is 0 Å². The zero-order valence-corrected chi connectivity index (χ0v) is 11.3. The normalized spacial score (nSPS) is 6.64. The third kappa shape index (κ3) is 7.27. The second kappa shape index (κ2) is 10.9. The fourth-order valence-corrected chi connectivity index (χ4v) is 1.25. The van der Waals surface area contributed by atoms with Gasteiger partial charge < -0.3 is 24.8 Å². The van der Waals surface area contributed by atoms with Gasteiger partial charge >= 0.3 is 26.2 Å². The van der Waals surface area contributed by atoms with Crippen LogP contribution < -0.4 is 30.0 Å². The van der Waals surface area contributed by atoms with Crippen LogP contribution in [0, 0.1) is 0 Å². The molecule has 0 saturated heterocycles. The summed E-state index contributed by atoms with van der Waals surface area (Å²) in [5.74, 6) is 0. The molecule has 0 atom stereocenters. The van der Waals surface area contributed by atoms with Crippen molar-refractivity contribution in [1.82, 2.24) is 0 Å². The maximum atomic E-state index is 2.25.